The molecule has 0 amide bonds. The van der Waals surface area contributed by atoms with Gasteiger partial charge in [-0.1, -0.05) is 12.1 Å². The number of anilines is 2. The fourth-order valence-corrected chi connectivity index (χ4v) is 3.80. The Morgan fingerprint density at radius 2 is 1.79 bits per heavy atom. The first kappa shape index (κ1) is 25.7. The number of pyridine rings is 2. The van der Waals surface area contributed by atoms with Gasteiger partial charge < -0.3 is 15.8 Å². The van der Waals surface area contributed by atoms with Gasteiger partial charge in [0.1, 0.15) is 30.2 Å². The number of nitrogens with two attached hydrogens (primary N) is 1. The Morgan fingerprint density at radius 3 is 2.44 bits per heavy atom. The number of benzene rings is 1. The topological polar surface area (TPSA) is 130 Å². The summed E-state index contributed by atoms with van der Waals surface area (Å²) in [7, 11) is 0. The second-order valence-corrected chi connectivity index (χ2v) is 8.21. The number of aromatic nitrogens is 7. The molecule has 0 radical (unpaired) electrons. The van der Waals surface area contributed by atoms with E-state index in [0.717, 1.165) is 11.3 Å². The van der Waals surface area contributed by atoms with Gasteiger partial charge in [0, 0.05) is 17.8 Å². The molecule has 10 nitrogen and oxygen atoms in total. The molecule has 4 heterocycles. The predicted molar refractivity (Wildman–Crippen MR) is 130 cm³/mol. The van der Waals surface area contributed by atoms with Crippen LogP contribution in [0.1, 0.15) is 11.1 Å². The van der Waals surface area contributed by atoms with Crippen molar-refractivity contribution in [1.82, 2.24) is 34.7 Å². The van der Waals surface area contributed by atoms with Gasteiger partial charge in [-0.25, -0.2) is 24.6 Å². The lowest BCUT2D eigenvalue weighted by molar-refractivity contribution is -0.115. The highest BCUT2D eigenvalue weighted by atomic mass is 19.4. The second-order valence-electron chi connectivity index (χ2n) is 8.21. The summed E-state index contributed by atoms with van der Waals surface area (Å²) >= 11 is 0. The predicted octanol–water partition coefficient (Wildman–Crippen LogP) is 4.42. The monoisotopic (exact) mass is 543 g/mol. The largest absolute Gasteiger partial charge is 0.417 e. The van der Waals surface area contributed by atoms with Crippen LogP contribution in [0.2, 0.25) is 0 Å². The maximum absolute atomic E-state index is 13.0. The maximum Gasteiger partial charge on any atom is 0.405 e. The summed E-state index contributed by atoms with van der Waals surface area (Å²) in [6.07, 6.45) is 0.0116. The van der Waals surface area contributed by atoms with Gasteiger partial charge in [-0.2, -0.15) is 32.0 Å². The first-order valence-electron chi connectivity index (χ1n) is 11.3. The number of hydrogen-bond acceptors (Lipinski definition) is 9. The molecule has 0 atom stereocenters. The molecular formula is C24H18F5N9O. The summed E-state index contributed by atoms with van der Waals surface area (Å²) in [6, 6.07) is 11.7. The van der Waals surface area contributed by atoms with Gasteiger partial charge in [-0.05, 0) is 41.8 Å². The van der Waals surface area contributed by atoms with E-state index in [1.165, 1.54) is 24.7 Å². The summed E-state index contributed by atoms with van der Waals surface area (Å²) in [5, 5.41) is 6.32. The van der Waals surface area contributed by atoms with Gasteiger partial charge in [0.05, 0.1) is 11.4 Å². The van der Waals surface area contributed by atoms with Crippen molar-refractivity contribution in [3.05, 3.63) is 72.4 Å². The number of alkyl halides is 5. The third kappa shape index (κ3) is 6.14. The van der Waals surface area contributed by atoms with Gasteiger partial charge in [0.2, 0.25) is 11.8 Å². The van der Waals surface area contributed by atoms with E-state index >= 15 is 0 Å². The number of nitrogen functional groups attached to an aromatic ring is 1. The van der Waals surface area contributed by atoms with Gasteiger partial charge >= 0.3 is 12.8 Å². The van der Waals surface area contributed by atoms with Gasteiger partial charge in [-0.3, -0.25) is 0 Å². The smallest absolute Gasteiger partial charge is 0.405 e. The Hall–Kier alpha value is -4.95. The van der Waals surface area contributed by atoms with Crippen LogP contribution in [0.15, 0.2) is 61.3 Å². The Bertz CT molecular complexity index is 1580. The van der Waals surface area contributed by atoms with Crippen molar-refractivity contribution in [2.75, 3.05) is 17.6 Å². The lowest BCUT2D eigenvalue weighted by atomic mass is 10.0. The van der Waals surface area contributed by atoms with E-state index in [1.807, 2.05) is 24.3 Å². The molecule has 0 bridgehead atoms. The van der Waals surface area contributed by atoms with Crippen molar-refractivity contribution < 1.29 is 26.7 Å². The fourth-order valence-electron chi connectivity index (χ4n) is 3.80. The van der Waals surface area contributed by atoms with Crippen LogP contribution in [0.3, 0.4) is 0 Å². The molecule has 0 spiro atoms. The zero-order valence-corrected chi connectivity index (χ0v) is 19.8. The Labute approximate surface area is 216 Å². The number of nitrogens with one attached hydrogen (secondary N) is 1. The van der Waals surface area contributed by atoms with Crippen molar-refractivity contribution in [3.63, 3.8) is 0 Å². The van der Waals surface area contributed by atoms with E-state index < -0.39 is 19.3 Å². The fraction of sp³-hybridized carbons (Fsp3) is 0.167. The summed E-state index contributed by atoms with van der Waals surface area (Å²) in [4.78, 5) is 20.4. The zero-order chi connectivity index (χ0) is 27.6. The van der Waals surface area contributed by atoms with Gasteiger partial charge in [0.25, 0.3) is 0 Å². The summed E-state index contributed by atoms with van der Waals surface area (Å²) in [6.45, 7) is -4.42. The molecule has 0 saturated heterocycles. The van der Waals surface area contributed by atoms with Crippen molar-refractivity contribution >= 4 is 22.8 Å². The van der Waals surface area contributed by atoms with Crippen molar-refractivity contribution in [1.29, 1.82) is 0 Å². The lowest BCUT2D eigenvalue weighted by Gasteiger charge is -2.15. The van der Waals surface area contributed by atoms with Crippen molar-refractivity contribution in [2.24, 2.45) is 0 Å². The lowest BCUT2D eigenvalue weighted by Crippen LogP contribution is -2.22. The van der Waals surface area contributed by atoms with E-state index in [9.17, 15) is 22.0 Å². The third-order valence-corrected chi connectivity index (χ3v) is 5.46. The van der Waals surface area contributed by atoms with Crippen LogP contribution < -0.4 is 15.8 Å². The van der Waals surface area contributed by atoms with E-state index in [0.29, 0.717) is 23.2 Å². The molecule has 0 aliphatic rings. The Morgan fingerprint density at radius 1 is 1.00 bits per heavy atom. The minimum absolute atomic E-state index is 0.0492. The number of fused-ring (bicyclic) bond motifs is 1. The van der Waals surface area contributed by atoms with E-state index in [1.54, 1.807) is 17.1 Å². The number of halogens is 5. The molecule has 5 aromatic rings. The quantitative estimate of drug-likeness (QED) is 0.273. The molecule has 4 aromatic heterocycles. The number of rotatable bonds is 8. The number of hydrogen-bond donors (Lipinski definition) is 2. The van der Waals surface area contributed by atoms with Gasteiger partial charge in [-0.15, -0.1) is 0 Å². The standard InChI is InChI=1S/C24H18F5N9O/c25-22(26)39-18-6-3-14(9-32-18)17-8-15(7-13-1-4-16(5-2-13)38-12-31-11-34-38)19-20(35-17)21(37-23(30)36-19)33-10-24(27,28)29/h1-6,8-9,11-12,22H,7,10H2,(H3,30,33,36,37). The average molecular weight is 543 g/mol. The molecule has 1 aromatic carbocycles. The molecule has 5 rings (SSSR count). The molecule has 15 heteroatoms. The molecule has 39 heavy (non-hydrogen) atoms. The highest BCUT2D eigenvalue weighted by Crippen LogP contribution is 2.30. The first-order chi connectivity index (χ1) is 18.6. The van der Waals surface area contributed by atoms with Crippen molar-refractivity contribution in [2.45, 2.75) is 19.2 Å². The van der Waals surface area contributed by atoms with Crippen LogP contribution in [0.4, 0.5) is 33.7 Å². The minimum Gasteiger partial charge on any atom is -0.417 e. The normalized spacial score (nSPS) is 11.7. The summed E-state index contributed by atoms with van der Waals surface area (Å²) in [5.74, 6) is -0.740. The van der Waals surface area contributed by atoms with Crippen LogP contribution >= 0.6 is 0 Å². The van der Waals surface area contributed by atoms with Gasteiger partial charge in [0.15, 0.2) is 5.82 Å². The van der Waals surface area contributed by atoms with E-state index in [4.69, 9.17) is 5.73 Å². The molecule has 0 saturated carbocycles. The summed E-state index contributed by atoms with van der Waals surface area (Å²) < 4.78 is 69.8. The van der Waals surface area contributed by atoms with Crippen LogP contribution in [-0.4, -0.2) is 54.0 Å². The number of nitrogens with zero attached hydrogens (tertiary/aromatic N) is 7. The SMILES string of the molecule is Nc1nc(NCC(F)(F)F)c2nc(-c3ccc(OC(F)F)nc3)cc(Cc3ccc(-n4cncn4)cc3)c2n1. The Kier molecular flexibility index (Phi) is 6.87. The highest BCUT2D eigenvalue weighted by molar-refractivity contribution is 5.91. The number of ether oxygens (including phenoxy) is 1. The Balaban J connectivity index is 1.58. The van der Waals surface area contributed by atoms with E-state index in [-0.39, 0.29) is 28.7 Å². The molecule has 0 fully saturated rings. The molecule has 0 unspecified atom stereocenters. The molecule has 0 aliphatic heterocycles. The molecule has 3 N–H and O–H groups in total. The molecular weight excluding hydrogens is 525 g/mol. The third-order valence-electron chi connectivity index (χ3n) is 5.46. The molecule has 200 valence electrons. The second kappa shape index (κ2) is 10.4. The minimum atomic E-state index is -4.53. The van der Waals surface area contributed by atoms with Crippen molar-refractivity contribution in [3.8, 4) is 22.8 Å². The van der Waals surface area contributed by atoms with Crippen LogP contribution in [0, 0.1) is 0 Å². The highest BCUT2D eigenvalue weighted by Gasteiger charge is 2.28. The average Bonchev–Trinajstić information content (AvgIpc) is 3.43. The van der Waals surface area contributed by atoms with Crippen LogP contribution in [0.25, 0.3) is 28.0 Å². The zero-order valence-electron chi connectivity index (χ0n) is 19.8. The summed E-state index contributed by atoms with van der Waals surface area (Å²) in [5.41, 5.74) is 9.05. The maximum atomic E-state index is 13.0. The van der Waals surface area contributed by atoms with E-state index in [2.05, 4.69) is 40.1 Å². The van der Waals surface area contributed by atoms with Crippen LogP contribution in [-0.2, 0) is 6.42 Å². The first-order valence-corrected chi connectivity index (χ1v) is 11.3. The molecule has 0 aliphatic carbocycles. The van der Waals surface area contributed by atoms with Crippen LogP contribution in [0.5, 0.6) is 5.88 Å².